The van der Waals surface area contributed by atoms with Gasteiger partial charge in [0, 0.05) is 24.2 Å². The molecule has 51 heavy (non-hydrogen) atoms. The van der Waals surface area contributed by atoms with Gasteiger partial charge in [0.05, 0.1) is 9.79 Å². The summed E-state index contributed by atoms with van der Waals surface area (Å²) in [5.41, 5.74) is 0.0450. The number of benzene rings is 4. The largest absolute Gasteiger partial charge is 0.367 e. The number of nitrogens with one attached hydrogen (secondary N) is 2. The second kappa shape index (κ2) is 15.4. The molecule has 16 nitrogen and oxygen atoms in total. The lowest BCUT2D eigenvalue weighted by atomic mass is 10.1. The normalized spacial score (nSPS) is 15.3. The molecule has 4 rings (SSSR count). The molecular weight excluding hydrogens is 773 g/mol. The smallest absolute Gasteiger partial charge is 0.286 e. The number of rotatable bonds is 16. The molecule has 0 bridgehead atoms. The van der Waals surface area contributed by atoms with E-state index in [2.05, 4.69) is 10.6 Å². The molecule has 0 saturated carbocycles. The van der Waals surface area contributed by atoms with Gasteiger partial charge in [-0.15, -0.1) is 0 Å². The van der Waals surface area contributed by atoms with Crippen LogP contribution in [0.5, 0.6) is 0 Å². The summed E-state index contributed by atoms with van der Waals surface area (Å²) >= 11 is 0. The van der Waals surface area contributed by atoms with Crippen molar-refractivity contribution in [2.75, 3.05) is 10.6 Å². The van der Waals surface area contributed by atoms with Gasteiger partial charge in [-0.05, 0) is 59.7 Å². The molecule has 4 aromatic carbocycles. The fourth-order valence-corrected chi connectivity index (χ4v) is 9.88. The maximum atomic E-state index is 13.3. The molecule has 0 spiro atoms. The molecule has 0 heterocycles. The van der Waals surface area contributed by atoms with Crippen molar-refractivity contribution in [3.8, 4) is 0 Å². The van der Waals surface area contributed by atoms with E-state index < -0.39 is 84.4 Å². The van der Waals surface area contributed by atoms with Gasteiger partial charge in [-0.1, -0.05) is 60.7 Å². The van der Waals surface area contributed by atoms with Crippen LogP contribution in [0.1, 0.15) is 34.5 Å². The third-order valence-electron chi connectivity index (χ3n) is 7.62. The highest BCUT2D eigenvalue weighted by Crippen LogP contribution is 2.32. The monoisotopic (exact) mass is 804 g/mol. The Morgan fingerprint density at radius 3 is 0.961 bits per heavy atom. The van der Waals surface area contributed by atoms with Gasteiger partial charge in [0.2, 0.25) is 9.84 Å². The molecule has 6 N–H and O–H groups in total. The standard InChI is InChI=1S/C30H32N2O14S5/c33-47(34,25-15-11-23(12-16-25)31-29(50(41,42)43)19-27(48(35,36)37)21-7-3-1-4-8-21)26-17-13-24(14-18-26)32-30(51(44,45)46)20-28(49(38,39)40)22-9-5-2-6-10-22/h1-18,27-32H,19-20H2,(H,35,36,37)(H,38,39,40)(H,41,42,43)(H,44,45,46)/t27-,28+,29-,30-/m0/s1. The van der Waals surface area contributed by atoms with Gasteiger partial charge < -0.3 is 10.6 Å². The fourth-order valence-electron chi connectivity index (χ4n) is 5.06. The van der Waals surface area contributed by atoms with E-state index in [0.29, 0.717) is 0 Å². The number of sulfone groups is 1. The molecule has 0 aromatic heterocycles. The van der Waals surface area contributed by atoms with Crippen LogP contribution in [0.25, 0.3) is 0 Å². The van der Waals surface area contributed by atoms with Crippen molar-refractivity contribution in [1.29, 1.82) is 0 Å². The zero-order chi connectivity index (χ0) is 37.8. The van der Waals surface area contributed by atoms with Gasteiger partial charge in [0.15, 0.2) is 10.7 Å². The Morgan fingerprint density at radius 2 is 0.706 bits per heavy atom. The molecule has 21 heteroatoms. The Balaban J connectivity index is 1.53. The van der Waals surface area contributed by atoms with Gasteiger partial charge in [0.25, 0.3) is 40.5 Å². The van der Waals surface area contributed by atoms with E-state index in [9.17, 15) is 60.3 Å². The molecule has 0 unspecified atom stereocenters. The van der Waals surface area contributed by atoms with Crippen LogP contribution in [0, 0.1) is 0 Å². The first-order valence-corrected chi connectivity index (χ1v) is 22.0. The molecule has 4 aromatic rings. The van der Waals surface area contributed by atoms with Crippen molar-refractivity contribution in [2.45, 2.75) is 43.9 Å². The molecular formula is C30H32N2O14S5. The number of anilines is 2. The predicted octanol–water partition coefficient (Wildman–Crippen LogP) is 3.81. The van der Waals surface area contributed by atoms with Crippen LogP contribution < -0.4 is 10.6 Å². The van der Waals surface area contributed by atoms with E-state index in [4.69, 9.17) is 0 Å². The van der Waals surface area contributed by atoms with Gasteiger partial charge >= 0.3 is 0 Å². The molecule has 0 aliphatic heterocycles. The molecule has 0 aliphatic rings. The van der Waals surface area contributed by atoms with Crippen molar-refractivity contribution in [3.05, 3.63) is 120 Å². The first kappa shape index (κ1) is 39.8. The van der Waals surface area contributed by atoms with Crippen molar-refractivity contribution < 1.29 is 60.3 Å². The first-order valence-electron chi connectivity index (χ1n) is 14.5. The van der Waals surface area contributed by atoms with Crippen molar-refractivity contribution in [3.63, 3.8) is 0 Å². The highest BCUT2D eigenvalue weighted by Gasteiger charge is 2.35. The third-order valence-corrected chi connectivity index (χ3v) is 13.8. The Labute approximate surface area is 295 Å². The van der Waals surface area contributed by atoms with Crippen LogP contribution in [0.4, 0.5) is 11.4 Å². The van der Waals surface area contributed by atoms with Gasteiger partial charge in [-0.2, -0.15) is 33.7 Å². The van der Waals surface area contributed by atoms with Crippen LogP contribution in [-0.4, -0.2) is 71.0 Å². The quantitative estimate of drug-likeness (QED) is 0.0879. The lowest BCUT2D eigenvalue weighted by Gasteiger charge is -2.22. The van der Waals surface area contributed by atoms with Crippen LogP contribution >= 0.6 is 0 Å². The topological polar surface area (TPSA) is 276 Å². The van der Waals surface area contributed by atoms with Crippen molar-refractivity contribution in [2.24, 2.45) is 0 Å². The Kier molecular flexibility index (Phi) is 12.0. The average Bonchev–Trinajstić information content (AvgIpc) is 3.04. The first-order chi connectivity index (χ1) is 23.6. The summed E-state index contributed by atoms with van der Waals surface area (Å²) < 4.78 is 163. The molecule has 0 amide bonds. The van der Waals surface area contributed by atoms with E-state index in [-0.39, 0.29) is 32.3 Å². The van der Waals surface area contributed by atoms with E-state index in [1.165, 1.54) is 48.5 Å². The van der Waals surface area contributed by atoms with Gasteiger partial charge in [0.1, 0.15) is 10.5 Å². The summed E-state index contributed by atoms with van der Waals surface area (Å²) in [6, 6.07) is 23.4. The van der Waals surface area contributed by atoms with Crippen LogP contribution in [-0.2, 0) is 50.3 Å². The summed E-state index contributed by atoms with van der Waals surface area (Å²) in [7, 11) is -23.9. The summed E-state index contributed by atoms with van der Waals surface area (Å²) in [4.78, 5) is -0.570. The predicted molar refractivity (Wildman–Crippen MR) is 187 cm³/mol. The van der Waals surface area contributed by atoms with E-state index in [0.717, 1.165) is 48.5 Å². The second-order valence-corrected chi connectivity index (χ2v) is 19.5. The summed E-state index contributed by atoms with van der Waals surface area (Å²) in [5, 5.41) is -2.49. The SMILES string of the molecule is O=S(=O)(c1ccc(N[C@H](C[C@H](c2ccccc2)S(=O)(=O)O)S(=O)(=O)O)cc1)c1ccc(N[C@H](C[C@@H](c2ccccc2)S(=O)(=O)O)S(=O)(=O)O)cc1. The van der Waals surface area contributed by atoms with E-state index >= 15 is 0 Å². The minimum absolute atomic E-state index is 0.0340. The molecule has 4 atom stereocenters. The van der Waals surface area contributed by atoms with Crippen molar-refractivity contribution in [1.82, 2.24) is 0 Å². The van der Waals surface area contributed by atoms with Gasteiger partial charge in [-0.3, -0.25) is 18.2 Å². The molecule has 0 fully saturated rings. The van der Waals surface area contributed by atoms with Crippen molar-refractivity contribution >= 4 is 61.7 Å². The Hall–Kier alpha value is -3.93. The Morgan fingerprint density at radius 1 is 0.412 bits per heavy atom. The Bertz CT molecular complexity index is 2210. The second-order valence-electron chi connectivity index (χ2n) is 11.1. The fraction of sp³-hybridized carbons (Fsp3) is 0.200. The molecule has 0 saturated heterocycles. The van der Waals surface area contributed by atoms with Crippen LogP contribution in [0.2, 0.25) is 0 Å². The maximum absolute atomic E-state index is 13.3. The zero-order valence-electron chi connectivity index (χ0n) is 26.0. The average molecular weight is 805 g/mol. The lowest BCUT2D eigenvalue weighted by Crippen LogP contribution is -2.33. The van der Waals surface area contributed by atoms with E-state index in [1.54, 1.807) is 12.1 Å². The number of hydrogen-bond acceptors (Lipinski definition) is 12. The van der Waals surface area contributed by atoms with Crippen LogP contribution in [0.3, 0.4) is 0 Å². The van der Waals surface area contributed by atoms with Gasteiger partial charge in [-0.25, -0.2) is 8.42 Å². The highest BCUT2D eigenvalue weighted by atomic mass is 32.2. The summed E-state index contributed by atoms with van der Waals surface area (Å²) in [6.45, 7) is 0. The maximum Gasteiger partial charge on any atom is 0.286 e. The lowest BCUT2D eigenvalue weighted by molar-refractivity contribution is 0.448. The highest BCUT2D eigenvalue weighted by molar-refractivity contribution is 7.91. The number of hydrogen-bond donors (Lipinski definition) is 6. The summed E-state index contributed by atoms with van der Waals surface area (Å²) in [6.07, 6.45) is -1.63. The molecule has 276 valence electrons. The van der Waals surface area contributed by atoms with E-state index in [1.807, 2.05) is 0 Å². The minimum atomic E-state index is -4.96. The zero-order valence-corrected chi connectivity index (χ0v) is 30.1. The van der Waals surface area contributed by atoms with Crippen LogP contribution in [0.15, 0.2) is 119 Å². The molecule has 0 aliphatic carbocycles. The summed E-state index contributed by atoms with van der Waals surface area (Å²) in [5.74, 6) is 0. The molecule has 0 radical (unpaired) electrons. The minimum Gasteiger partial charge on any atom is -0.367 e. The third kappa shape index (κ3) is 10.6.